The van der Waals surface area contributed by atoms with Crippen molar-refractivity contribution in [2.45, 2.75) is 13.5 Å². The molecule has 0 aliphatic carbocycles. The summed E-state index contributed by atoms with van der Waals surface area (Å²) in [6, 6.07) is 5.39. The van der Waals surface area contributed by atoms with Crippen molar-refractivity contribution in [2.75, 3.05) is 63.9 Å². The lowest BCUT2D eigenvalue weighted by atomic mass is 10.1. The van der Waals surface area contributed by atoms with Crippen LogP contribution in [0.3, 0.4) is 0 Å². The maximum atomic E-state index is 14.5. The van der Waals surface area contributed by atoms with Gasteiger partial charge >= 0.3 is 0 Å². The summed E-state index contributed by atoms with van der Waals surface area (Å²) in [6.07, 6.45) is 0. The van der Waals surface area contributed by atoms with Crippen LogP contribution in [0.5, 0.6) is 0 Å². The van der Waals surface area contributed by atoms with Crippen molar-refractivity contribution < 1.29 is 9.13 Å². The Morgan fingerprint density at radius 1 is 1.16 bits per heavy atom. The minimum absolute atomic E-state index is 0.178. The van der Waals surface area contributed by atoms with Crippen LogP contribution in [0.1, 0.15) is 12.5 Å². The fourth-order valence-corrected chi connectivity index (χ4v) is 3.27. The van der Waals surface area contributed by atoms with E-state index in [2.05, 4.69) is 21.7 Å². The molecule has 2 N–H and O–H groups in total. The van der Waals surface area contributed by atoms with Crippen LogP contribution in [0.15, 0.2) is 23.2 Å². The smallest absolute Gasteiger partial charge is 0.191 e. The topological polar surface area (TPSA) is 57.3 Å². The highest BCUT2D eigenvalue weighted by molar-refractivity contribution is 5.78. The lowest BCUT2D eigenvalue weighted by molar-refractivity contribution is 0.0674. The fourth-order valence-electron chi connectivity index (χ4n) is 3.27. The zero-order valence-electron chi connectivity index (χ0n) is 15.0. The number of morpholine rings is 1. The third kappa shape index (κ3) is 4.61. The summed E-state index contributed by atoms with van der Waals surface area (Å²) < 4.78 is 19.8. The summed E-state index contributed by atoms with van der Waals surface area (Å²) in [5.41, 5.74) is 7.54. The highest BCUT2D eigenvalue weighted by Gasteiger charge is 2.18. The van der Waals surface area contributed by atoms with E-state index >= 15 is 0 Å². The number of benzene rings is 1. The van der Waals surface area contributed by atoms with Gasteiger partial charge in [0, 0.05) is 39.3 Å². The Hall–Kier alpha value is -1.86. The van der Waals surface area contributed by atoms with Gasteiger partial charge in [-0.15, -0.1) is 0 Å². The zero-order chi connectivity index (χ0) is 17.6. The molecule has 1 aromatic rings. The van der Waals surface area contributed by atoms with Gasteiger partial charge in [0.2, 0.25) is 0 Å². The Kier molecular flexibility index (Phi) is 6.09. The van der Waals surface area contributed by atoms with E-state index in [0.29, 0.717) is 31.4 Å². The second-order valence-electron chi connectivity index (χ2n) is 6.48. The molecule has 2 aliphatic heterocycles. The number of piperazine rings is 1. The lowest BCUT2D eigenvalue weighted by Gasteiger charge is -2.35. The van der Waals surface area contributed by atoms with E-state index in [0.717, 1.165) is 51.4 Å². The van der Waals surface area contributed by atoms with Gasteiger partial charge in [-0.3, -0.25) is 0 Å². The summed E-state index contributed by atoms with van der Waals surface area (Å²) in [6.45, 7) is 10.2. The maximum Gasteiger partial charge on any atom is 0.191 e. The Morgan fingerprint density at radius 3 is 2.52 bits per heavy atom. The predicted octanol–water partition coefficient (Wildman–Crippen LogP) is 1.11. The summed E-state index contributed by atoms with van der Waals surface area (Å²) in [5.74, 6) is 0.325. The number of nitrogens with two attached hydrogens (primary N) is 1. The Morgan fingerprint density at radius 2 is 1.88 bits per heavy atom. The van der Waals surface area contributed by atoms with Crippen molar-refractivity contribution in [3.05, 3.63) is 29.6 Å². The number of likely N-dealkylation sites (N-methyl/N-ethyl adjacent to an activating group) is 1. The number of guanidine groups is 1. The molecule has 0 atom stereocenters. The molecule has 6 nitrogen and oxygen atoms in total. The predicted molar refractivity (Wildman–Crippen MR) is 98.4 cm³/mol. The van der Waals surface area contributed by atoms with Gasteiger partial charge < -0.3 is 25.2 Å². The van der Waals surface area contributed by atoms with Gasteiger partial charge in [0.05, 0.1) is 25.4 Å². The molecule has 0 radical (unpaired) electrons. The fraction of sp³-hybridized carbons (Fsp3) is 0.611. The van der Waals surface area contributed by atoms with Gasteiger partial charge in [-0.05, 0) is 24.2 Å². The first kappa shape index (κ1) is 17.9. The van der Waals surface area contributed by atoms with Crippen LogP contribution in [0.2, 0.25) is 0 Å². The average molecular weight is 349 g/mol. The first-order valence-corrected chi connectivity index (χ1v) is 9.05. The Labute approximate surface area is 149 Å². The van der Waals surface area contributed by atoms with Gasteiger partial charge in [0.1, 0.15) is 5.82 Å². The molecular formula is C18H28FN5O. The molecule has 138 valence electrons. The summed E-state index contributed by atoms with van der Waals surface area (Å²) in [4.78, 5) is 10.9. The molecule has 1 aromatic carbocycles. The molecule has 2 aliphatic rings. The van der Waals surface area contributed by atoms with Crippen LogP contribution >= 0.6 is 0 Å². The molecule has 0 bridgehead atoms. The van der Waals surface area contributed by atoms with E-state index in [-0.39, 0.29) is 5.82 Å². The largest absolute Gasteiger partial charge is 0.378 e. The first-order chi connectivity index (χ1) is 12.2. The van der Waals surface area contributed by atoms with E-state index in [4.69, 9.17) is 10.5 Å². The quantitative estimate of drug-likeness (QED) is 0.652. The van der Waals surface area contributed by atoms with E-state index in [1.54, 1.807) is 6.07 Å². The van der Waals surface area contributed by atoms with Gasteiger partial charge in [-0.25, -0.2) is 9.38 Å². The average Bonchev–Trinajstić information content (AvgIpc) is 2.67. The van der Waals surface area contributed by atoms with Crippen molar-refractivity contribution in [2.24, 2.45) is 10.7 Å². The summed E-state index contributed by atoms with van der Waals surface area (Å²) in [7, 11) is 0. The number of halogens is 1. The third-order valence-electron chi connectivity index (χ3n) is 4.93. The number of hydrogen-bond donors (Lipinski definition) is 1. The molecule has 0 spiro atoms. The molecule has 0 saturated carbocycles. The molecule has 25 heavy (non-hydrogen) atoms. The van der Waals surface area contributed by atoms with Crippen LogP contribution in [0.4, 0.5) is 10.1 Å². The first-order valence-electron chi connectivity index (χ1n) is 9.05. The van der Waals surface area contributed by atoms with Gasteiger partial charge in [0.25, 0.3) is 0 Å². The van der Waals surface area contributed by atoms with Crippen LogP contribution in [-0.4, -0.2) is 74.8 Å². The van der Waals surface area contributed by atoms with Crippen LogP contribution < -0.4 is 10.6 Å². The van der Waals surface area contributed by atoms with Gasteiger partial charge in [-0.2, -0.15) is 0 Å². The maximum absolute atomic E-state index is 14.5. The zero-order valence-corrected chi connectivity index (χ0v) is 15.0. The molecular weight excluding hydrogens is 321 g/mol. The van der Waals surface area contributed by atoms with Crippen molar-refractivity contribution in [1.82, 2.24) is 9.80 Å². The van der Waals surface area contributed by atoms with Gasteiger partial charge in [0.15, 0.2) is 5.96 Å². The molecule has 2 fully saturated rings. The normalized spacial score (nSPS) is 20.2. The lowest BCUT2D eigenvalue weighted by Crippen LogP contribution is -2.46. The number of aliphatic imine (C=N–C) groups is 1. The monoisotopic (exact) mass is 349 g/mol. The highest BCUT2D eigenvalue weighted by atomic mass is 19.1. The second-order valence-corrected chi connectivity index (χ2v) is 6.48. The summed E-state index contributed by atoms with van der Waals surface area (Å²) in [5, 5.41) is 0. The molecule has 0 amide bonds. The third-order valence-corrected chi connectivity index (χ3v) is 4.93. The number of nitrogens with zero attached hydrogens (tertiary/aromatic N) is 4. The number of anilines is 1. The Bertz CT molecular complexity index is 595. The Balaban J connectivity index is 1.60. The molecule has 7 heteroatoms. The SMILES string of the molecule is CCN1CCN(c2ccc(CN=C(N)N3CCOCC3)cc2F)CC1. The summed E-state index contributed by atoms with van der Waals surface area (Å²) >= 11 is 0. The molecule has 3 rings (SSSR count). The number of ether oxygens (including phenoxy) is 1. The molecule has 2 saturated heterocycles. The van der Waals surface area contributed by atoms with E-state index < -0.39 is 0 Å². The molecule has 0 aromatic heterocycles. The van der Waals surface area contributed by atoms with Crippen molar-refractivity contribution in [1.29, 1.82) is 0 Å². The minimum atomic E-state index is -0.178. The van der Waals surface area contributed by atoms with Gasteiger partial charge in [-0.1, -0.05) is 13.0 Å². The van der Waals surface area contributed by atoms with E-state index in [1.165, 1.54) is 0 Å². The van der Waals surface area contributed by atoms with Crippen LogP contribution in [0.25, 0.3) is 0 Å². The van der Waals surface area contributed by atoms with Crippen LogP contribution in [-0.2, 0) is 11.3 Å². The highest BCUT2D eigenvalue weighted by Crippen LogP contribution is 2.22. The molecule has 0 unspecified atom stereocenters. The van der Waals surface area contributed by atoms with Crippen LogP contribution in [0, 0.1) is 5.82 Å². The van der Waals surface area contributed by atoms with E-state index in [1.807, 2.05) is 17.0 Å². The molecule has 2 heterocycles. The number of rotatable bonds is 4. The van der Waals surface area contributed by atoms with E-state index in [9.17, 15) is 4.39 Å². The minimum Gasteiger partial charge on any atom is -0.378 e. The van der Waals surface area contributed by atoms with Crippen molar-refractivity contribution in [3.8, 4) is 0 Å². The number of hydrogen-bond acceptors (Lipinski definition) is 4. The van der Waals surface area contributed by atoms with Crippen molar-refractivity contribution >= 4 is 11.6 Å². The second kappa shape index (κ2) is 8.49. The standard InChI is InChI=1S/C18H28FN5O/c1-2-22-5-7-23(8-6-22)17-4-3-15(13-16(17)19)14-21-18(20)24-9-11-25-12-10-24/h3-4,13H,2,5-12,14H2,1H3,(H2,20,21). The van der Waals surface area contributed by atoms with Crippen molar-refractivity contribution in [3.63, 3.8) is 0 Å².